The van der Waals surface area contributed by atoms with Gasteiger partial charge < -0.3 is 20.4 Å². The molecular formula is C29H34KN3O5S. The van der Waals surface area contributed by atoms with E-state index in [0.717, 1.165) is 48.2 Å². The maximum absolute atomic E-state index is 13.0. The number of methoxy groups -OCH3 is 1. The second-order valence-electron chi connectivity index (χ2n) is 9.49. The normalized spacial score (nSPS) is 21.0. The minimum Gasteiger partial charge on any atom is -0.531 e. The first-order valence-electron chi connectivity index (χ1n) is 12.7. The van der Waals surface area contributed by atoms with Crippen molar-refractivity contribution in [1.29, 1.82) is 0 Å². The predicted molar refractivity (Wildman–Crippen MR) is 148 cm³/mol. The van der Waals surface area contributed by atoms with Crippen LogP contribution in [-0.4, -0.2) is 40.6 Å². The zero-order valence-electron chi connectivity index (χ0n) is 22.5. The van der Waals surface area contributed by atoms with Crippen molar-refractivity contribution in [3.05, 3.63) is 101 Å². The molecule has 0 bridgehead atoms. The van der Waals surface area contributed by atoms with Crippen molar-refractivity contribution in [2.24, 2.45) is 11.1 Å². The van der Waals surface area contributed by atoms with Gasteiger partial charge in [0.15, 0.2) is 0 Å². The number of nitrogens with zero attached hydrogens (tertiary/aromatic N) is 1. The van der Waals surface area contributed by atoms with E-state index in [1.807, 2.05) is 48.6 Å². The number of allylic oxidation sites excluding steroid dienone is 8. The van der Waals surface area contributed by atoms with Gasteiger partial charge in [-0.25, -0.2) is 13.6 Å². The third-order valence-electron chi connectivity index (χ3n) is 6.83. The number of carbonyl (C=O) groups is 1. The number of ether oxygens (including phenoxy) is 1. The standard InChI is InChI=1S/C29H34N3O5S.K/c1-36-24-10-5-8-22(16-18-24)20-37-32-27-13-6-12-26(27)29(33)31-19-21-7-4-9-23(17-15-21)25-11-2-3-14-28(25)38(30,34)35;/h2-5,7,10-11,14-18,26-27H,6,8-9,12-13,19-20H2,1H3,(H,31,33)(H2,30,34,35);/q-1;+1/t26-,27-;/m1./s1. The molecule has 1 aromatic rings. The molecule has 2 atom stereocenters. The second-order valence-corrected chi connectivity index (χ2v) is 11.0. The van der Waals surface area contributed by atoms with Crippen LogP contribution in [0.4, 0.5) is 0 Å². The van der Waals surface area contributed by atoms with Gasteiger partial charge in [-0.1, -0.05) is 67.5 Å². The molecule has 0 heterocycles. The van der Waals surface area contributed by atoms with Gasteiger partial charge in [-0.2, -0.15) is 0 Å². The van der Waals surface area contributed by atoms with Crippen molar-refractivity contribution in [2.45, 2.75) is 43.0 Å². The van der Waals surface area contributed by atoms with Crippen LogP contribution < -0.4 is 61.8 Å². The van der Waals surface area contributed by atoms with Crippen LogP contribution in [0.5, 0.6) is 0 Å². The molecule has 0 spiro atoms. The molecule has 1 aromatic carbocycles. The Bertz CT molecular complexity index is 1330. The largest absolute Gasteiger partial charge is 1.00 e. The quantitative estimate of drug-likeness (QED) is 0.324. The summed E-state index contributed by atoms with van der Waals surface area (Å²) in [5, 5.41) is 8.44. The van der Waals surface area contributed by atoms with Crippen LogP contribution in [0.15, 0.2) is 94.7 Å². The van der Waals surface area contributed by atoms with Crippen molar-refractivity contribution in [3.8, 4) is 0 Å². The number of amides is 1. The van der Waals surface area contributed by atoms with Crippen LogP contribution >= 0.6 is 0 Å². The summed E-state index contributed by atoms with van der Waals surface area (Å²) in [5.41, 5.74) is 7.82. The fourth-order valence-electron chi connectivity index (χ4n) is 4.77. The van der Waals surface area contributed by atoms with Crippen LogP contribution in [0.3, 0.4) is 0 Å². The fourth-order valence-corrected chi connectivity index (χ4v) is 5.54. The number of hydroxylamine groups is 1. The van der Waals surface area contributed by atoms with Gasteiger partial charge >= 0.3 is 51.4 Å². The van der Waals surface area contributed by atoms with Crippen LogP contribution in [0.25, 0.3) is 11.1 Å². The average Bonchev–Trinajstić information content (AvgIpc) is 3.09. The first-order chi connectivity index (χ1) is 18.3. The molecule has 39 heavy (non-hydrogen) atoms. The molecule has 202 valence electrons. The molecular weight excluding hydrogens is 542 g/mol. The summed E-state index contributed by atoms with van der Waals surface area (Å²) in [7, 11) is -2.20. The Balaban J connectivity index is 0.00000420. The molecule has 3 aliphatic carbocycles. The van der Waals surface area contributed by atoms with Gasteiger partial charge in [0.1, 0.15) is 5.76 Å². The van der Waals surface area contributed by atoms with E-state index < -0.39 is 10.0 Å². The Morgan fingerprint density at radius 3 is 2.67 bits per heavy atom. The van der Waals surface area contributed by atoms with Crippen molar-refractivity contribution >= 4 is 21.5 Å². The van der Waals surface area contributed by atoms with E-state index in [9.17, 15) is 13.2 Å². The Labute approximate surface area is 273 Å². The summed E-state index contributed by atoms with van der Waals surface area (Å²) in [6, 6.07) is 6.54. The van der Waals surface area contributed by atoms with Crippen LogP contribution in [0, 0.1) is 5.92 Å². The van der Waals surface area contributed by atoms with E-state index in [0.29, 0.717) is 25.1 Å². The number of rotatable bonds is 10. The summed E-state index contributed by atoms with van der Waals surface area (Å²) in [6.45, 7) is 0.747. The number of hydrogen-bond donors (Lipinski definition) is 2. The molecule has 1 saturated carbocycles. The third kappa shape index (κ3) is 9.20. The first kappa shape index (κ1) is 31.9. The zero-order chi connectivity index (χ0) is 27.0. The molecule has 0 radical (unpaired) electrons. The van der Waals surface area contributed by atoms with Crippen LogP contribution in [0.2, 0.25) is 0 Å². The molecule has 10 heteroatoms. The Kier molecular flexibility index (Phi) is 12.6. The molecule has 1 amide bonds. The minimum atomic E-state index is -3.84. The van der Waals surface area contributed by atoms with Crippen LogP contribution in [0.1, 0.15) is 37.7 Å². The fraction of sp³-hybridized carbons (Fsp3) is 0.345. The Hall–Kier alpha value is -1.60. The van der Waals surface area contributed by atoms with Crippen molar-refractivity contribution < 1.29 is 74.2 Å². The SMILES string of the molecule is COC1=CC=C(CO[N-][C@@H]2CCC[C@H]2C(=O)NCC2=CC=C(c3ccccc3S(N)(=O)=O)CC=C2)CC=C1.[K+]. The molecule has 3 aliphatic rings. The van der Waals surface area contributed by atoms with Gasteiger partial charge in [0.05, 0.1) is 12.0 Å². The van der Waals surface area contributed by atoms with Gasteiger partial charge in [-0.15, -0.1) is 6.04 Å². The van der Waals surface area contributed by atoms with Crippen LogP contribution in [-0.2, 0) is 24.4 Å². The number of nitrogens with two attached hydrogens (primary N) is 1. The molecule has 3 N–H and O–H groups in total. The van der Waals surface area contributed by atoms with Crippen molar-refractivity contribution in [2.75, 3.05) is 20.3 Å². The summed E-state index contributed by atoms with van der Waals surface area (Å²) in [6.07, 6.45) is 19.4. The first-order valence-corrected chi connectivity index (χ1v) is 14.3. The van der Waals surface area contributed by atoms with E-state index in [1.165, 1.54) is 6.07 Å². The molecule has 0 saturated heterocycles. The van der Waals surface area contributed by atoms with Gasteiger partial charge in [0.2, 0.25) is 15.9 Å². The van der Waals surface area contributed by atoms with E-state index in [-0.39, 0.29) is 74.1 Å². The maximum atomic E-state index is 13.0. The number of carbonyl (C=O) groups excluding carboxylic acids is 1. The molecule has 0 unspecified atom stereocenters. The topological polar surface area (TPSA) is 122 Å². The summed E-state index contributed by atoms with van der Waals surface area (Å²) >= 11 is 0. The zero-order valence-corrected chi connectivity index (χ0v) is 26.4. The number of hydrogen-bond acceptors (Lipinski definition) is 5. The summed E-state index contributed by atoms with van der Waals surface area (Å²) in [5.74, 6) is 0.538. The maximum Gasteiger partial charge on any atom is 1.00 e. The average molecular weight is 576 g/mol. The Morgan fingerprint density at radius 1 is 1.08 bits per heavy atom. The predicted octanol–water partition coefficient (Wildman–Crippen LogP) is 1.61. The van der Waals surface area contributed by atoms with E-state index in [2.05, 4.69) is 10.8 Å². The van der Waals surface area contributed by atoms with Crippen molar-refractivity contribution in [1.82, 2.24) is 5.32 Å². The summed E-state index contributed by atoms with van der Waals surface area (Å²) in [4.78, 5) is 18.7. The van der Waals surface area contributed by atoms with Gasteiger partial charge in [0.25, 0.3) is 0 Å². The van der Waals surface area contributed by atoms with E-state index in [1.54, 1.807) is 25.3 Å². The third-order valence-corrected chi connectivity index (χ3v) is 7.80. The van der Waals surface area contributed by atoms with E-state index >= 15 is 0 Å². The smallest absolute Gasteiger partial charge is 0.531 e. The monoisotopic (exact) mass is 575 g/mol. The number of primary sulfonamides is 1. The van der Waals surface area contributed by atoms with E-state index in [4.69, 9.17) is 14.7 Å². The molecule has 0 aromatic heterocycles. The molecule has 8 nitrogen and oxygen atoms in total. The second kappa shape index (κ2) is 15.4. The minimum absolute atomic E-state index is 0. The molecule has 0 aliphatic heterocycles. The van der Waals surface area contributed by atoms with Gasteiger partial charge in [0, 0.05) is 19.1 Å². The summed E-state index contributed by atoms with van der Waals surface area (Å²) < 4.78 is 29.2. The Morgan fingerprint density at radius 2 is 1.87 bits per heavy atom. The molecule has 4 rings (SSSR count). The number of benzene rings is 1. The number of nitrogens with one attached hydrogen (secondary N) is 1. The van der Waals surface area contributed by atoms with Gasteiger partial charge in [-0.05, 0) is 59.8 Å². The van der Waals surface area contributed by atoms with Gasteiger partial charge in [-0.3, -0.25) is 4.79 Å². The number of sulfonamides is 1. The van der Waals surface area contributed by atoms with Crippen molar-refractivity contribution in [3.63, 3.8) is 0 Å². The molecule has 1 fully saturated rings.